The molecule has 1 unspecified atom stereocenters. The van der Waals surface area contributed by atoms with Gasteiger partial charge in [-0.2, -0.15) is 0 Å². The van der Waals surface area contributed by atoms with Gasteiger partial charge in [-0.15, -0.1) is 6.58 Å². The predicted octanol–water partition coefficient (Wildman–Crippen LogP) is 6.37. The van der Waals surface area contributed by atoms with Crippen molar-refractivity contribution in [1.82, 2.24) is 0 Å². The molecule has 4 saturated carbocycles. The zero-order chi connectivity index (χ0) is 14.3. The number of hydrogen-bond donors (Lipinski definition) is 0. The molecule has 0 bridgehead atoms. The molecule has 0 saturated heterocycles. The Morgan fingerprint density at radius 1 is 0.810 bits per heavy atom. The van der Waals surface area contributed by atoms with Crippen LogP contribution in [0.1, 0.15) is 83.5 Å². The molecule has 0 nitrogen and oxygen atoms in total. The van der Waals surface area contributed by atoms with Gasteiger partial charge in [0.25, 0.3) is 0 Å². The molecule has 0 heterocycles. The van der Waals surface area contributed by atoms with E-state index >= 15 is 0 Å². The maximum atomic E-state index is 3.99. The van der Waals surface area contributed by atoms with Gasteiger partial charge in [0, 0.05) is 0 Å². The van der Waals surface area contributed by atoms with E-state index in [9.17, 15) is 0 Å². The monoisotopic (exact) mass is 286 g/mol. The molecule has 4 rings (SSSR count). The molecule has 6 atom stereocenters. The molecule has 0 aromatic heterocycles. The summed E-state index contributed by atoms with van der Waals surface area (Å²) < 4.78 is 0. The van der Waals surface area contributed by atoms with E-state index in [0.29, 0.717) is 0 Å². The second-order valence-electron chi connectivity index (χ2n) is 8.84. The standard InChI is InChI=1S/C21H34/c1-2-3-13-21-14-6-9-20(21)19-11-10-16-7-4-5-8-17(16)18(19)12-15-21/h2,16-20H,1,3-15H2/t16?,17-,18+,19+,20-,21-/m0/s1. The van der Waals surface area contributed by atoms with E-state index in [1.54, 1.807) is 51.4 Å². The number of rotatable bonds is 3. The Kier molecular flexibility index (Phi) is 3.92. The van der Waals surface area contributed by atoms with Gasteiger partial charge in [0.15, 0.2) is 0 Å². The molecule has 0 aliphatic heterocycles. The van der Waals surface area contributed by atoms with Crippen molar-refractivity contribution in [2.24, 2.45) is 35.0 Å². The lowest BCUT2D eigenvalue weighted by atomic mass is 9.50. The molecule has 0 aromatic rings. The van der Waals surface area contributed by atoms with Crippen molar-refractivity contribution in [3.63, 3.8) is 0 Å². The lowest BCUT2D eigenvalue weighted by Gasteiger charge is -2.55. The van der Waals surface area contributed by atoms with Crippen molar-refractivity contribution < 1.29 is 0 Å². The molecule has 0 heteroatoms. The summed E-state index contributed by atoms with van der Waals surface area (Å²) in [4.78, 5) is 0. The predicted molar refractivity (Wildman–Crippen MR) is 90.1 cm³/mol. The Hall–Kier alpha value is -0.260. The van der Waals surface area contributed by atoms with Crippen LogP contribution in [0.15, 0.2) is 12.7 Å². The van der Waals surface area contributed by atoms with E-state index in [2.05, 4.69) is 12.7 Å². The summed E-state index contributed by atoms with van der Waals surface area (Å²) in [6.45, 7) is 3.99. The quantitative estimate of drug-likeness (QED) is 0.529. The minimum Gasteiger partial charge on any atom is -0.103 e. The minimum absolute atomic E-state index is 0.747. The summed E-state index contributed by atoms with van der Waals surface area (Å²) in [6, 6.07) is 0. The zero-order valence-corrected chi connectivity index (χ0v) is 13.9. The van der Waals surface area contributed by atoms with Crippen LogP contribution in [-0.2, 0) is 0 Å². The minimum atomic E-state index is 0.747. The van der Waals surface area contributed by atoms with E-state index < -0.39 is 0 Å². The number of allylic oxidation sites excluding steroid dienone is 1. The van der Waals surface area contributed by atoms with Crippen LogP contribution in [0.3, 0.4) is 0 Å². The number of hydrogen-bond acceptors (Lipinski definition) is 0. The molecule has 0 amide bonds. The molecule has 4 fully saturated rings. The first-order valence-electron chi connectivity index (χ1n) is 9.95. The largest absolute Gasteiger partial charge is 0.103 e. The third-order valence-electron chi connectivity index (χ3n) is 8.25. The fourth-order valence-electron chi connectivity index (χ4n) is 7.45. The van der Waals surface area contributed by atoms with Crippen LogP contribution in [0.5, 0.6) is 0 Å². The van der Waals surface area contributed by atoms with Crippen molar-refractivity contribution >= 4 is 0 Å². The lowest BCUT2D eigenvalue weighted by molar-refractivity contribution is -0.0586. The van der Waals surface area contributed by atoms with Gasteiger partial charge >= 0.3 is 0 Å². The molecule has 4 aliphatic rings. The van der Waals surface area contributed by atoms with Gasteiger partial charge in [-0.1, -0.05) is 31.8 Å². The maximum absolute atomic E-state index is 3.99. The average Bonchev–Trinajstić information content (AvgIpc) is 2.97. The fraction of sp³-hybridized carbons (Fsp3) is 0.905. The molecule has 21 heavy (non-hydrogen) atoms. The van der Waals surface area contributed by atoms with Crippen molar-refractivity contribution in [2.75, 3.05) is 0 Å². The van der Waals surface area contributed by atoms with Crippen molar-refractivity contribution in [1.29, 1.82) is 0 Å². The Balaban J connectivity index is 1.54. The van der Waals surface area contributed by atoms with Gasteiger partial charge in [-0.3, -0.25) is 0 Å². The highest BCUT2D eigenvalue weighted by Crippen LogP contribution is 2.63. The van der Waals surface area contributed by atoms with Crippen LogP contribution in [0.2, 0.25) is 0 Å². The van der Waals surface area contributed by atoms with E-state index in [0.717, 1.165) is 35.0 Å². The molecule has 118 valence electrons. The second kappa shape index (κ2) is 5.74. The smallest absolute Gasteiger partial charge is 0.0263 e. The third kappa shape index (κ3) is 2.32. The van der Waals surface area contributed by atoms with Crippen LogP contribution < -0.4 is 0 Å². The Bertz CT molecular complexity index is 383. The van der Waals surface area contributed by atoms with Gasteiger partial charge in [0.05, 0.1) is 0 Å². The molecule has 0 radical (unpaired) electrons. The fourth-order valence-corrected chi connectivity index (χ4v) is 7.45. The van der Waals surface area contributed by atoms with Gasteiger partial charge in [-0.05, 0) is 92.8 Å². The van der Waals surface area contributed by atoms with Crippen molar-refractivity contribution in [3.05, 3.63) is 12.7 Å². The first kappa shape index (κ1) is 14.3. The normalized spacial score (nSPS) is 49.0. The van der Waals surface area contributed by atoms with E-state index in [1.807, 2.05) is 0 Å². The summed E-state index contributed by atoms with van der Waals surface area (Å²) in [5.74, 6) is 5.60. The summed E-state index contributed by atoms with van der Waals surface area (Å²) in [5.41, 5.74) is 0.747. The Morgan fingerprint density at radius 3 is 2.62 bits per heavy atom. The summed E-state index contributed by atoms with van der Waals surface area (Å²) in [7, 11) is 0. The van der Waals surface area contributed by atoms with Crippen LogP contribution in [0.25, 0.3) is 0 Å². The summed E-state index contributed by atoms with van der Waals surface area (Å²) in [5, 5.41) is 0. The zero-order valence-electron chi connectivity index (χ0n) is 13.9. The van der Waals surface area contributed by atoms with Crippen LogP contribution >= 0.6 is 0 Å². The van der Waals surface area contributed by atoms with E-state index in [4.69, 9.17) is 0 Å². The van der Waals surface area contributed by atoms with Crippen LogP contribution in [0.4, 0.5) is 0 Å². The highest BCUT2D eigenvalue weighted by atomic mass is 14.6. The molecule has 4 aliphatic carbocycles. The van der Waals surface area contributed by atoms with Crippen molar-refractivity contribution in [3.8, 4) is 0 Å². The Labute approximate surface area is 131 Å². The SMILES string of the molecule is C=CCC[C@@]12CCC[C@H]1[C@@H]1CCC3CCCC[C@@H]3[C@H]1CC2. The molecular weight excluding hydrogens is 252 g/mol. The highest BCUT2D eigenvalue weighted by molar-refractivity contribution is 5.04. The molecule has 0 N–H and O–H groups in total. The van der Waals surface area contributed by atoms with Gasteiger partial charge in [-0.25, -0.2) is 0 Å². The van der Waals surface area contributed by atoms with Crippen molar-refractivity contribution in [2.45, 2.75) is 83.5 Å². The van der Waals surface area contributed by atoms with Gasteiger partial charge in [0.2, 0.25) is 0 Å². The topological polar surface area (TPSA) is 0 Å². The lowest BCUT2D eigenvalue weighted by Crippen LogP contribution is -2.47. The summed E-state index contributed by atoms with van der Waals surface area (Å²) >= 11 is 0. The van der Waals surface area contributed by atoms with Crippen LogP contribution in [0, 0.1) is 35.0 Å². The summed E-state index contributed by atoms with van der Waals surface area (Å²) in [6.07, 6.45) is 22.1. The first-order chi connectivity index (χ1) is 10.3. The maximum Gasteiger partial charge on any atom is -0.0263 e. The molecule has 0 aromatic carbocycles. The number of fused-ring (bicyclic) bond motifs is 5. The third-order valence-corrected chi connectivity index (χ3v) is 8.25. The molecular formula is C21H34. The van der Waals surface area contributed by atoms with Gasteiger partial charge < -0.3 is 0 Å². The average molecular weight is 287 g/mol. The van der Waals surface area contributed by atoms with Gasteiger partial charge in [0.1, 0.15) is 0 Å². The second-order valence-corrected chi connectivity index (χ2v) is 8.84. The first-order valence-corrected chi connectivity index (χ1v) is 9.95. The Morgan fingerprint density at radius 2 is 1.71 bits per heavy atom. The van der Waals surface area contributed by atoms with E-state index in [-0.39, 0.29) is 0 Å². The van der Waals surface area contributed by atoms with E-state index in [1.165, 1.54) is 32.1 Å². The van der Waals surface area contributed by atoms with Crippen LogP contribution in [-0.4, -0.2) is 0 Å². The highest BCUT2D eigenvalue weighted by Gasteiger charge is 2.54. The molecule has 0 spiro atoms.